The van der Waals surface area contributed by atoms with Gasteiger partial charge in [-0.05, 0) is 36.4 Å². The molecule has 148 valence electrons. The molecule has 30 heavy (non-hydrogen) atoms. The van der Waals surface area contributed by atoms with Gasteiger partial charge in [0.05, 0.1) is 12.0 Å². The second-order valence-electron chi connectivity index (χ2n) is 6.27. The van der Waals surface area contributed by atoms with Gasteiger partial charge in [0.15, 0.2) is 10.9 Å². The molecular weight excluding hydrogens is 422 g/mol. The highest BCUT2D eigenvalue weighted by Crippen LogP contribution is 2.30. The fourth-order valence-electron chi connectivity index (χ4n) is 2.92. The molecule has 0 atom stereocenters. The summed E-state index contributed by atoms with van der Waals surface area (Å²) in [7, 11) is 0. The maximum Gasteiger partial charge on any atom is 0.237 e. The second-order valence-corrected chi connectivity index (χ2v) is 7.64. The molecule has 0 unspecified atom stereocenters. The molecule has 3 aromatic heterocycles. The number of furan rings is 1. The van der Waals surface area contributed by atoms with Gasteiger partial charge in [-0.1, -0.05) is 58.9 Å². The van der Waals surface area contributed by atoms with E-state index in [1.807, 2.05) is 59.2 Å². The summed E-state index contributed by atoms with van der Waals surface area (Å²) in [6.45, 7) is 0. The third-order valence-corrected chi connectivity index (χ3v) is 5.41. The van der Waals surface area contributed by atoms with Crippen LogP contribution >= 0.6 is 23.4 Å². The third-order valence-electron chi connectivity index (χ3n) is 4.26. The molecular formula is C21H14ClN5O2S. The summed E-state index contributed by atoms with van der Waals surface area (Å²) in [5.41, 5.74) is 1.73. The van der Waals surface area contributed by atoms with Crippen LogP contribution in [0.3, 0.4) is 0 Å². The summed E-state index contributed by atoms with van der Waals surface area (Å²) in [6.07, 6.45) is 1.61. The van der Waals surface area contributed by atoms with Crippen molar-refractivity contribution in [1.82, 2.24) is 24.9 Å². The topological polar surface area (TPSA) is 82.8 Å². The van der Waals surface area contributed by atoms with Gasteiger partial charge >= 0.3 is 0 Å². The minimum atomic E-state index is 0.441. The van der Waals surface area contributed by atoms with Crippen molar-refractivity contribution in [3.05, 3.63) is 83.9 Å². The average Bonchev–Trinajstić information content (AvgIpc) is 3.53. The van der Waals surface area contributed by atoms with Gasteiger partial charge in [0.1, 0.15) is 0 Å². The van der Waals surface area contributed by atoms with Crippen molar-refractivity contribution in [2.24, 2.45) is 0 Å². The molecule has 0 N–H and O–H groups in total. The Balaban J connectivity index is 1.42. The van der Waals surface area contributed by atoms with E-state index in [-0.39, 0.29) is 0 Å². The van der Waals surface area contributed by atoms with Gasteiger partial charge in [0.2, 0.25) is 17.5 Å². The van der Waals surface area contributed by atoms with E-state index in [4.69, 9.17) is 20.5 Å². The number of nitrogens with zero attached hydrogens (tertiary/aromatic N) is 5. The molecule has 0 aliphatic carbocycles. The van der Waals surface area contributed by atoms with Crippen LogP contribution in [0.1, 0.15) is 5.89 Å². The van der Waals surface area contributed by atoms with Gasteiger partial charge in [0, 0.05) is 16.3 Å². The maximum absolute atomic E-state index is 6.05. The first-order chi connectivity index (χ1) is 14.8. The number of hydrogen-bond donors (Lipinski definition) is 0. The van der Waals surface area contributed by atoms with E-state index < -0.39 is 0 Å². The van der Waals surface area contributed by atoms with Gasteiger partial charge in [0.25, 0.3) is 0 Å². The Morgan fingerprint density at radius 3 is 2.67 bits per heavy atom. The number of thioether (sulfide) groups is 1. The van der Waals surface area contributed by atoms with E-state index in [1.54, 1.807) is 18.4 Å². The molecule has 3 heterocycles. The molecule has 0 saturated carbocycles. The standard InChI is InChI=1S/C21H14ClN5O2S/c22-15-7-4-6-14(12-15)19-23-18(29-26-19)13-30-21-25-24-20(17-10-5-11-28-17)27(21)16-8-2-1-3-9-16/h1-12H,13H2. The Kier molecular flexibility index (Phi) is 5.08. The van der Waals surface area contributed by atoms with Crippen molar-refractivity contribution in [3.63, 3.8) is 0 Å². The molecule has 0 aliphatic rings. The zero-order chi connectivity index (χ0) is 20.3. The SMILES string of the molecule is Clc1cccc(-c2noc(CSc3nnc(-c4ccco4)n3-c3ccccc3)n2)c1. The smallest absolute Gasteiger partial charge is 0.237 e. The zero-order valence-corrected chi connectivity index (χ0v) is 17.0. The summed E-state index contributed by atoms with van der Waals surface area (Å²) < 4.78 is 12.9. The molecule has 0 radical (unpaired) electrons. The monoisotopic (exact) mass is 435 g/mol. The fraction of sp³-hybridized carbons (Fsp3) is 0.0476. The molecule has 7 nitrogen and oxygen atoms in total. The fourth-order valence-corrected chi connectivity index (χ4v) is 3.90. The van der Waals surface area contributed by atoms with Crippen LogP contribution in [0.5, 0.6) is 0 Å². The predicted molar refractivity (Wildman–Crippen MR) is 113 cm³/mol. The first-order valence-corrected chi connectivity index (χ1v) is 10.4. The lowest BCUT2D eigenvalue weighted by Crippen LogP contribution is -1.99. The Morgan fingerprint density at radius 2 is 1.87 bits per heavy atom. The van der Waals surface area contributed by atoms with Crippen molar-refractivity contribution >= 4 is 23.4 Å². The van der Waals surface area contributed by atoms with Crippen LogP contribution in [0, 0.1) is 0 Å². The van der Waals surface area contributed by atoms with Crippen LogP contribution in [0.2, 0.25) is 5.02 Å². The number of rotatable bonds is 6. The molecule has 9 heteroatoms. The third kappa shape index (κ3) is 3.74. The first-order valence-electron chi connectivity index (χ1n) is 9.04. The summed E-state index contributed by atoms with van der Waals surface area (Å²) in [5.74, 6) is 2.68. The number of benzene rings is 2. The molecule has 5 rings (SSSR count). The van der Waals surface area contributed by atoms with Crippen molar-refractivity contribution in [1.29, 1.82) is 0 Å². The molecule has 0 saturated heterocycles. The molecule has 0 aliphatic heterocycles. The zero-order valence-electron chi connectivity index (χ0n) is 15.5. The summed E-state index contributed by atoms with van der Waals surface area (Å²) in [6, 6.07) is 20.9. The quantitative estimate of drug-likeness (QED) is 0.324. The molecule has 0 bridgehead atoms. The summed E-state index contributed by atoms with van der Waals surface area (Å²) >= 11 is 7.50. The van der Waals surface area contributed by atoms with E-state index in [2.05, 4.69) is 20.3 Å². The lowest BCUT2D eigenvalue weighted by molar-refractivity contribution is 0.391. The highest BCUT2D eigenvalue weighted by Gasteiger charge is 2.19. The van der Waals surface area contributed by atoms with E-state index in [0.717, 1.165) is 11.3 Å². The number of para-hydroxylation sites is 1. The van der Waals surface area contributed by atoms with Crippen molar-refractivity contribution in [2.45, 2.75) is 10.9 Å². The number of halogens is 1. The largest absolute Gasteiger partial charge is 0.461 e. The van der Waals surface area contributed by atoms with Gasteiger partial charge in [-0.2, -0.15) is 4.98 Å². The molecule has 0 spiro atoms. The highest BCUT2D eigenvalue weighted by atomic mass is 35.5. The number of aromatic nitrogens is 5. The molecule has 0 amide bonds. The normalized spacial score (nSPS) is 11.1. The Bertz CT molecular complexity index is 1270. The summed E-state index contributed by atoms with van der Waals surface area (Å²) in [4.78, 5) is 4.46. The lowest BCUT2D eigenvalue weighted by atomic mass is 10.2. The molecule has 5 aromatic rings. The van der Waals surface area contributed by atoms with Crippen LogP contribution in [0.4, 0.5) is 0 Å². The number of hydrogen-bond acceptors (Lipinski definition) is 7. The van der Waals surface area contributed by atoms with E-state index in [9.17, 15) is 0 Å². The minimum Gasteiger partial charge on any atom is -0.461 e. The summed E-state index contributed by atoms with van der Waals surface area (Å²) in [5, 5.41) is 14.0. The van der Waals surface area contributed by atoms with Gasteiger partial charge in [-0.3, -0.25) is 4.57 Å². The Morgan fingerprint density at radius 1 is 0.967 bits per heavy atom. The van der Waals surface area contributed by atoms with Gasteiger partial charge in [-0.15, -0.1) is 10.2 Å². The van der Waals surface area contributed by atoms with E-state index in [0.29, 0.717) is 39.2 Å². The van der Waals surface area contributed by atoms with Gasteiger partial charge < -0.3 is 8.94 Å². The highest BCUT2D eigenvalue weighted by molar-refractivity contribution is 7.98. The Hall–Kier alpha value is -3.36. The van der Waals surface area contributed by atoms with Crippen LogP contribution in [0.25, 0.3) is 28.7 Å². The van der Waals surface area contributed by atoms with Crippen molar-refractivity contribution < 1.29 is 8.94 Å². The van der Waals surface area contributed by atoms with Crippen LogP contribution in [0.15, 0.2) is 87.1 Å². The van der Waals surface area contributed by atoms with Crippen molar-refractivity contribution in [2.75, 3.05) is 0 Å². The van der Waals surface area contributed by atoms with Crippen LogP contribution < -0.4 is 0 Å². The molecule has 0 fully saturated rings. The van der Waals surface area contributed by atoms with E-state index >= 15 is 0 Å². The second kappa shape index (κ2) is 8.17. The maximum atomic E-state index is 6.05. The predicted octanol–water partition coefficient (Wildman–Crippen LogP) is 5.52. The van der Waals surface area contributed by atoms with Crippen LogP contribution in [-0.2, 0) is 5.75 Å². The van der Waals surface area contributed by atoms with Gasteiger partial charge in [-0.25, -0.2) is 0 Å². The van der Waals surface area contributed by atoms with Crippen molar-refractivity contribution in [3.8, 4) is 28.7 Å². The average molecular weight is 436 g/mol. The Labute approximate surface area is 180 Å². The lowest BCUT2D eigenvalue weighted by Gasteiger charge is -2.08. The minimum absolute atomic E-state index is 0.441. The molecule has 2 aromatic carbocycles. The first kappa shape index (κ1) is 18.7. The van der Waals surface area contributed by atoms with E-state index in [1.165, 1.54) is 11.8 Å². The van der Waals surface area contributed by atoms with Crippen LogP contribution in [-0.4, -0.2) is 24.9 Å².